The summed E-state index contributed by atoms with van der Waals surface area (Å²) in [6.07, 6.45) is 0.202. The lowest BCUT2D eigenvalue weighted by molar-refractivity contribution is 0.0982. The van der Waals surface area contributed by atoms with Crippen LogP contribution in [0.3, 0.4) is 0 Å². The molecular formula is C9H9BrClNO2. The number of nitrogens with two attached hydrogens (primary N) is 1. The Kier molecular flexibility index (Phi) is 3.92. The molecule has 0 spiro atoms. The van der Waals surface area contributed by atoms with E-state index in [0.29, 0.717) is 9.50 Å². The van der Waals surface area contributed by atoms with Crippen molar-refractivity contribution in [2.45, 2.75) is 6.42 Å². The van der Waals surface area contributed by atoms with Crippen molar-refractivity contribution in [2.75, 3.05) is 6.54 Å². The first-order valence-electron chi connectivity index (χ1n) is 3.97. The fourth-order valence-electron chi connectivity index (χ4n) is 1.09. The van der Waals surface area contributed by atoms with Gasteiger partial charge < -0.3 is 10.8 Å². The quantitative estimate of drug-likeness (QED) is 0.834. The van der Waals surface area contributed by atoms with Crippen LogP contribution in [0.5, 0.6) is 5.75 Å². The molecule has 0 aliphatic heterocycles. The first kappa shape index (κ1) is 11.5. The third kappa shape index (κ3) is 2.47. The molecule has 0 aliphatic rings. The molecule has 0 aromatic heterocycles. The monoisotopic (exact) mass is 277 g/mol. The standard InChI is InChI=1S/C9H9BrClNO2/c10-6-3-5(11)4-8(14)9(6)7(13)1-2-12/h3-4,14H,1-2,12H2. The number of phenolic OH excluding ortho intramolecular Hbond substituents is 1. The Morgan fingerprint density at radius 1 is 1.57 bits per heavy atom. The Balaban J connectivity index is 3.14. The van der Waals surface area contributed by atoms with Gasteiger partial charge >= 0.3 is 0 Å². The zero-order valence-electron chi connectivity index (χ0n) is 7.26. The van der Waals surface area contributed by atoms with E-state index in [4.69, 9.17) is 17.3 Å². The minimum atomic E-state index is -0.200. The molecule has 3 nitrogen and oxygen atoms in total. The van der Waals surface area contributed by atoms with Crippen LogP contribution in [0.25, 0.3) is 0 Å². The summed E-state index contributed by atoms with van der Waals surface area (Å²) in [6, 6.07) is 2.89. The fraction of sp³-hybridized carbons (Fsp3) is 0.222. The lowest BCUT2D eigenvalue weighted by Crippen LogP contribution is -2.08. The van der Waals surface area contributed by atoms with Gasteiger partial charge in [-0.05, 0) is 34.6 Å². The van der Waals surface area contributed by atoms with E-state index in [9.17, 15) is 9.90 Å². The van der Waals surface area contributed by atoms with Gasteiger partial charge in [0.15, 0.2) is 5.78 Å². The van der Waals surface area contributed by atoms with Gasteiger partial charge in [-0.15, -0.1) is 0 Å². The van der Waals surface area contributed by atoms with Crippen molar-refractivity contribution in [3.63, 3.8) is 0 Å². The minimum Gasteiger partial charge on any atom is -0.507 e. The number of aromatic hydroxyl groups is 1. The van der Waals surface area contributed by atoms with Crippen LogP contribution in [0.15, 0.2) is 16.6 Å². The summed E-state index contributed by atoms with van der Waals surface area (Å²) in [7, 11) is 0. The number of hydrogen-bond donors (Lipinski definition) is 2. The van der Waals surface area contributed by atoms with Crippen LogP contribution < -0.4 is 5.73 Å². The average Bonchev–Trinajstić information content (AvgIpc) is 2.01. The molecule has 1 aromatic rings. The second kappa shape index (κ2) is 4.77. The molecule has 0 heterocycles. The number of Topliss-reactive ketones (excluding diaryl/α,β-unsaturated/α-hetero) is 1. The Morgan fingerprint density at radius 2 is 2.21 bits per heavy atom. The number of rotatable bonds is 3. The summed E-state index contributed by atoms with van der Waals surface area (Å²) in [5.74, 6) is -0.323. The maximum Gasteiger partial charge on any atom is 0.168 e. The topological polar surface area (TPSA) is 63.3 Å². The van der Waals surface area contributed by atoms with Gasteiger partial charge in [0.05, 0.1) is 5.56 Å². The molecule has 14 heavy (non-hydrogen) atoms. The van der Waals surface area contributed by atoms with Crippen LogP contribution >= 0.6 is 27.5 Å². The number of hydrogen-bond acceptors (Lipinski definition) is 3. The van der Waals surface area contributed by atoms with Gasteiger partial charge in [0.25, 0.3) is 0 Å². The van der Waals surface area contributed by atoms with Gasteiger partial charge in [-0.1, -0.05) is 11.6 Å². The lowest BCUT2D eigenvalue weighted by atomic mass is 10.1. The maximum absolute atomic E-state index is 11.5. The molecule has 0 amide bonds. The van der Waals surface area contributed by atoms with E-state index >= 15 is 0 Å². The smallest absolute Gasteiger partial charge is 0.168 e. The molecule has 1 rings (SSSR count). The average molecular weight is 279 g/mol. The molecule has 0 aliphatic carbocycles. The molecule has 0 fully saturated rings. The number of phenols is 1. The van der Waals surface area contributed by atoms with Gasteiger partial charge in [-0.25, -0.2) is 0 Å². The fourth-order valence-corrected chi connectivity index (χ4v) is 2.11. The van der Waals surface area contributed by atoms with Gasteiger partial charge in [-0.2, -0.15) is 0 Å². The molecule has 0 atom stereocenters. The molecular weight excluding hydrogens is 269 g/mol. The van der Waals surface area contributed by atoms with E-state index in [0.717, 1.165) is 0 Å². The molecule has 0 radical (unpaired) electrons. The van der Waals surface area contributed by atoms with Crippen molar-refractivity contribution >= 4 is 33.3 Å². The Morgan fingerprint density at radius 3 is 2.71 bits per heavy atom. The third-order valence-corrected chi connectivity index (χ3v) is 2.53. The molecule has 1 aromatic carbocycles. The number of carbonyl (C=O) groups excluding carboxylic acids is 1. The third-order valence-electron chi connectivity index (χ3n) is 1.68. The second-order valence-corrected chi connectivity index (χ2v) is 4.03. The number of ketones is 1. The van der Waals surface area contributed by atoms with E-state index < -0.39 is 0 Å². The number of halogens is 2. The summed E-state index contributed by atoms with van der Waals surface area (Å²) in [5, 5.41) is 9.87. The van der Waals surface area contributed by atoms with Crippen LogP contribution in [-0.4, -0.2) is 17.4 Å². The molecule has 0 saturated carbocycles. The van der Waals surface area contributed by atoms with Crippen molar-refractivity contribution in [3.8, 4) is 5.75 Å². The van der Waals surface area contributed by atoms with Crippen LogP contribution in [-0.2, 0) is 0 Å². The second-order valence-electron chi connectivity index (χ2n) is 2.74. The van der Waals surface area contributed by atoms with Crippen molar-refractivity contribution in [1.29, 1.82) is 0 Å². The molecule has 76 valence electrons. The first-order valence-corrected chi connectivity index (χ1v) is 5.14. The summed E-state index contributed by atoms with van der Waals surface area (Å²) < 4.78 is 0.487. The Labute approximate surface area is 95.0 Å². The van der Waals surface area contributed by atoms with Gasteiger partial charge in [0.2, 0.25) is 0 Å². The predicted molar refractivity (Wildman–Crippen MR) is 58.8 cm³/mol. The van der Waals surface area contributed by atoms with Crippen molar-refractivity contribution in [1.82, 2.24) is 0 Å². The van der Waals surface area contributed by atoms with Crippen LogP contribution in [0.1, 0.15) is 16.8 Å². The van der Waals surface area contributed by atoms with E-state index in [1.54, 1.807) is 6.07 Å². The lowest BCUT2D eigenvalue weighted by Gasteiger charge is -2.06. The highest BCUT2D eigenvalue weighted by molar-refractivity contribution is 9.10. The Hall–Kier alpha value is -0.580. The maximum atomic E-state index is 11.5. The molecule has 3 N–H and O–H groups in total. The van der Waals surface area contributed by atoms with Crippen LogP contribution in [0, 0.1) is 0 Å². The molecule has 5 heteroatoms. The van der Waals surface area contributed by atoms with Crippen molar-refractivity contribution < 1.29 is 9.90 Å². The normalized spacial score (nSPS) is 10.2. The largest absolute Gasteiger partial charge is 0.507 e. The summed E-state index contributed by atoms with van der Waals surface area (Å²) in [5.41, 5.74) is 5.49. The molecule has 0 unspecified atom stereocenters. The van der Waals surface area contributed by atoms with E-state index in [1.807, 2.05) is 0 Å². The van der Waals surface area contributed by atoms with E-state index in [-0.39, 0.29) is 30.1 Å². The highest BCUT2D eigenvalue weighted by Gasteiger charge is 2.15. The molecule has 0 bridgehead atoms. The zero-order valence-corrected chi connectivity index (χ0v) is 9.60. The van der Waals surface area contributed by atoms with E-state index in [1.165, 1.54) is 6.07 Å². The summed E-state index contributed by atoms with van der Waals surface area (Å²) >= 11 is 8.84. The van der Waals surface area contributed by atoms with Crippen molar-refractivity contribution in [3.05, 3.63) is 27.2 Å². The first-order chi connectivity index (χ1) is 6.56. The number of benzene rings is 1. The summed E-state index contributed by atoms with van der Waals surface area (Å²) in [4.78, 5) is 11.5. The van der Waals surface area contributed by atoms with Crippen molar-refractivity contribution in [2.24, 2.45) is 5.73 Å². The van der Waals surface area contributed by atoms with Gasteiger partial charge in [-0.3, -0.25) is 4.79 Å². The highest BCUT2D eigenvalue weighted by atomic mass is 79.9. The summed E-state index contributed by atoms with van der Waals surface area (Å²) in [6.45, 7) is 0.257. The molecule has 0 saturated heterocycles. The van der Waals surface area contributed by atoms with Gasteiger partial charge in [0, 0.05) is 15.9 Å². The number of carbonyl (C=O) groups is 1. The van der Waals surface area contributed by atoms with Crippen LogP contribution in [0.4, 0.5) is 0 Å². The SMILES string of the molecule is NCCC(=O)c1c(O)cc(Cl)cc1Br. The van der Waals surface area contributed by atoms with E-state index in [2.05, 4.69) is 15.9 Å². The predicted octanol–water partition coefficient (Wildman–Crippen LogP) is 2.34. The Bertz CT molecular complexity index is 345. The van der Waals surface area contributed by atoms with Crippen LogP contribution in [0.2, 0.25) is 5.02 Å². The zero-order chi connectivity index (χ0) is 10.7. The minimum absolute atomic E-state index is 0.122. The van der Waals surface area contributed by atoms with Gasteiger partial charge in [0.1, 0.15) is 5.75 Å². The highest BCUT2D eigenvalue weighted by Crippen LogP contribution is 2.31.